The summed E-state index contributed by atoms with van der Waals surface area (Å²) in [5.74, 6) is 0.742. The van der Waals surface area contributed by atoms with E-state index >= 15 is 0 Å². The van der Waals surface area contributed by atoms with Gasteiger partial charge in [-0.2, -0.15) is 10.2 Å². The van der Waals surface area contributed by atoms with Gasteiger partial charge in [-0.15, -0.1) is 0 Å². The van der Waals surface area contributed by atoms with Gasteiger partial charge in [-0.1, -0.05) is 35.3 Å². The molecule has 1 heterocycles. The van der Waals surface area contributed by atoms with Gasteiger partial charge in [0.2, 0.25) is 0 Å². The number of halogens is 2. The third-order valence-electron chi connectivity index (χ3n) is 3.39. The number of nitrogens with one attached hydrogen (secondary N) is 2. The average Bonchev–Trinajstić information content (AvgIpc) is 2.66. The molecule has 0 amide bonds. The molecule has 0 saturated carbocycles. The second kappa shape index (κ2) is 8.51. The van der Waals surface area contributed by atoms with Gasteiger partial charge in [-0.05, 0) is 47.5 Å². The van der Waals surface area contributed by atoms with Gasteiger partial charge in [0.1, 0.15) is 23.1 Å². The largest absolute Gasteiger partial charge is 0.489 e. The highest BCUT2D eigenvalue weighted by Gasteiger charge is 2.03. The number of benzene rings is 2. The van der Waals surface area contributed by atoms with E-state index in [4.69, 9.17) is 27.9 Å². The second-order valence-electron chi connectivity index (χ2n) is 5.28. The zero-order valence-corrected chi connectivity index (χ0v) is 15.0. The van der Waals surface area contributed by atoms with Crippen LogP contribution in [0.5, 0.6) is 5.75 Å². The molecule has 0 bridgehead atoms. The molecule has 0 radical (unpaired) electrons. The molecule has 0 aliphatic rings. The second-order valence-corrected chi connectivity index (χ2v) is 6.10. The molecule has 2 N–H and O–H groups in total. The summed E-state index contributed by atoms with van der Waals surface area (Å²) in [4.78, 5) is 11.3. The fraction of sp³-hybridized carbons (Fsp3) is 0.0556. The normalized spacial score (nSPS) is 10.8. The number of H-pyrrole nitrogens is 1. The summed E-state index contributed by atoms with van der Waals surface area (Å²) >= 11 is 11.7. The topological polar surface area (TPSA) is 79.4 Å². The number of hydrazone groups is 1. The first-order chi connectivity index (χ1) is 12.6. The summed E-state index contributed by atoms with van der Waals surface area (Å²) in [6.45, 7) is 0.459. The Bertz CT molecular complexity index is 954. The summed E-state index contributed by atoms with van der Waals surface area (Å²) in [7, 11) is 0. The molecule has 0 fully saturated rings. The van der Waals surface area contributed by atoms with Crippen molar-refractivity contribution in [1.82, 2.24) is 10.2 Å². The van der Waals surface area contributed by atoms with Crippen molar-refractivity contribution in [3.05, 3.63) is 86.3 Å². The predicted octanol–water partition coefficient (Wildman–Crippen LogP) is 4.10. The first kappa shape index (κ1) is 18.0. The molecule has 0 unspecified atom stereocenters. The number of aromatic amines is 1. The van der Waals surface area contributed by atoms with Crippen LogP contribution in [0.4, 0.5) is 5.69 Å². The Balaban J connectivity index is 1.56. The van der Waals surface area contributed by atoms with Crippen LogP contribution in [0.25, 0.3) is 0 Å². The van der Waals surface area contributed by atoms with E-state index in [1.165, 1.54) is 6.20 Å². The molecule has 2 aromatic carbocycles. The minimum atomic E-state index is -0.478. The van der Waals surface area contributed by atoms with E-state index in [0.29, 0.717) is 17.3 Å². The van der Waals surface area contributed by atoms with Gasteiger partial charge in [-0.3, -0.25) is 10.2 Å². The van der Waals surface area contributed by atoms with Crippen molar-refractivity contribution in [2.75, 3.05) is 5.43 Å². The molecule has 3 aromatic rings. The molecule has 0 aliphatic heterocycles. The molecule has 8 heteroatoms. The summed E-state index contributed by atoms with van der Waals surface area (Å²) < 4.78 is 5.72. The first-order valence-electron chi connectivity index (χ1n) is 7.61. The van der Waals surface area contributed by atoms with Crippen LogP contribution in [-0.4, -0.2) is 16.4 Å². The molecule has 0 atom stereocenters. The van der Waals surface area contributed by atoms with E-state index in [9.17, 15) is 4.79 Å². The Kier molecular flexibility index (Phi) is 5.88. The van der Waals surface area contributed by atoms with E-state index in [1.807, 2.05) is 48.5 Å². The van der Waals surface area contributed by atoms with Gasteiger partial charge in [0.15, 0.2) is 0 Å². The maximum atomic E-state index is 11.3. The SMILES string of the molecule is O=c1[nH]ncc(N/N=C\c2ccc(OCc3ccc(Cl)cc3)cc2)c1Cl. The minimum Gasteiger partial charge on any atom is -0.489 e. The average molecular weight is 389 g/mol. The van der Waals surface area contributed by atoms with Crippen LogP contribution in [0.3, 0.4) is 0 Å². The Morgan fingerprint density at radius 3 is 2.58 bits per heavy atom. The molecule has 6 nitrogen and oxygen atoms in total. The standard InChI is InChI=1S/C18H14Cl2N4O2/c19-14-5-1-13(2-6-14)11-26-15-7-3-12(4-8-15)9-21-23-16-10-22-24-18(25)17(16)20/h1-10H,11H2,(H2,23,24,25)/b21-9-. The van der Waals surface area contributed by atoms with Crippen molar-refractivity contribution in [2.24, 2.45) is 5.10 Å². The highest BCUT2D eigenvalue weighted by molar-refractivity contribution is 6.32. The number of aromatic nitrogens is 2. The minimum absolute atomic E-state index is 0.00287. The van der Waals surface area contributed by atoms with Gasteiger partial charge in [0.25, 0.3) is 5.56 Å². The molecule has 132 valence electrons. The summed E-state index contributed by atoms with van der Waals surface area (Å²) in [5.41, 5.74) is 4.42. The molecule has 0 saturated heterocycles. The van der Waals surface area contributed by atoms with Crippen LogP contribution in [0.1, 0.15) is 11.1 Å². The zero-order valence-electron chi connectivity index (χ0n) is 13.4. The number of anilines is 1. The van der Waals surface area contributed by atoms with Crippen molar-refractivity contribution in [3.63, 3.8) is 0 Å². The van der Waals surface area contributed by atoms with Crippen LogP contribution >= 0.6 is 23.2 Å². The quantitative estimate of drug-likeness (QED) is 0.492. The molecular formula is C18H14Cl2N4O2. The Labute approximate surface area is 159 Å². The third kappa shape index (κ3) is 4.84. The maximum absolute atomic E-state index is 11.3. The van der Waals surface area contributed by atoms with E-state index in [1.54, 1.807) is 6.21 Å². The van der Waals surface area contributed by atoms with Gasteiger partial charge < -0.3 is 4.74 Å². The molecule has 0 spiro atoms. The number of nitrogens with zero attached hydrogens (tertiary/aromatic N) is 2. The lowest BCUT2D eigenvalue weighted by molar-refractivity contribution is 0.306. The van der Waals surface area contributed by atoms with E-state index in [-0.39, 0.29) is 5.02 Å². The highest BCUT2D eigenvalue weighted by Crippen LogP contribution is 2.16. The van der Waals surface area contributed by atoms with E-state index < -0.39 is 5.56 Å². The van der Waals surface area contributed by atoms with Crippen molar-refractivity contribution < 1.29 is 4.74 Å². The van der Waals surface area contributed by atoms with Crippen LogP contribution < -0.4 is 15.7 Å². The van der Waals surface area contributed by atoms with Crippen molar-refractivity contribution in [2.45, 2.75) is 6.61 Å². The number of ether oxygens (including phenoxy) is 1. The summed E-state index contributed by atoms with van der Waals surface area (Å²) in [6.07, 6.45) is 2.98. The van der Waals surface area contributed by atoms with E-state index in [2.05, 4.69) is 20.7 Å². The Morgan fingerprint density at radius 2 is 1.85 bits per heavy atom. The molecule has 26 heavy (non-hydrogen) atoms. The highest BCUT2D eigenvalue weighted by atomic mass is 35.5. The molecule has 3 rings (SSSR count). The molecular weight excluding hydrogens is 375 g/mol. The van der Waals surface area contributed by atoms with Crippen LogP contribution in [-0.2, 0) is 6.61 Å². The zero-order chi connectivity index (χ0) is 18.4. The summed E-state index contributed by atoms with van der Waals surface area (Å²) in [6, 6.07) is 14.9. The lowest BCUT2D eigenvalue weighted by Crippen LogP contribution is -2.10. The smallest absolute Gasteiger partial charge is 0.285 e. The van der Waals surface area contributed by atoms with Crippen LogP contribution in [0.2, 0.25) is 10.0 Å². The van der Waals surface area contributed by atoms with Crippen LogP contribution in [0, 0.1) is 0 Å². The third-order valence-corrected chi connectivity index (χ3v) is 4.02. The monoisotopic (exact) mass is 388 g/mol. The maximum Gasteiger partial charge on any atom is 0.285 e. The van der Waals surface area contributed by atoms with Crippen molar-refractivity contribution in [1.29, 1.82) is 0 Å². The Morgan fingerprint density at radius 1 is 1.12 bits per heavy atom. The fourth-order valence-electron chi connectivity index (χ4n) is 2.04. The van der Waals surface area contributed by atoms with Crippen LogP contribution in [0.15, 0.2) is 64.6 Å². The van der Waals surface area contributed by atoms with Crippen molar-refractivity contribution >= 4 is 35.1 Å². The number of hydrogen-bond donors (Lipinski definition) is 2. The van der Waals surface area contributed by atoms with Gasteiger partial charge in [0, 0.05) is 5.02 Å². The van der Waals surface area contributed by atoms with Gasteiger partial charge in [0.05, 0.1) is 12.4 Å². The van der Waals surface area contributed by atoms with Gasteiger partial charge in [-0.25, -0.2) is 5.10 Å². The summed E-state index contributed by atoms with van der Waals surface area (Å²) in [5, 5.41) is 10.6. The van der Waals surface area contributed by atoms with E-state index in [0.717, 1.165) is 16.9 Å². The first-order valence-corrected chi connectivity index (χ1v) is 8.37. The number of hydrogen-bond acceptors (Lipinski definition) is 5. The van der Waals surface area contributed by atoms with Crippen molar-refractivity contribution in [3.8, 4) is 5.75 Å². The fourth-order valence-corrected chi connectivity index (χ4v) is 2.29. The molecule has 0 aliphatic carbocycles. The lowest BCUT2D eigenvalue weighted by Gasteiger charge is -2.06. The predicted molar refractivity (Wildman–Crippen MR) is 103 cm³/mol. The number of rotatable bonds is 6. The Hall–Kier alpha value is -2.83. The molecule has 1 aromatic heterocycles. The lowest BCUT2D eigenvalue weighted by atomic mass is 10.2. The van der Waals surface area contributed by atoms with Gasteiger partial charge >= 0.3 is 0 Å².